The van der Waals surface area contributed by atoms with Gasteiger partial charge < -0.3 is 0 Å². The van der Waals surface area contributed by atoms with Gasteiger partial charge in [0, 0.05) is 17.9 Å². The van der Waals surface area contributed by atoms with Crippen LogP contribution in [-0.4, -0.2) is 31.6 Å². The summed E-state index contributed by atoms with van der Waals surface area (Å²) in [6.45, 7) is 0. The number of carbonyl (C=O) groups is 1. The molecule has 0 aliphatic carbocycles. The molecule has 1 rings (SSSR count). The molecule has 0 aliphatic heterocycles. The van der Waals surface area contributed by atoms with E-state index in [9.17, 15) is 13.2 Å². The first kappa shape index (κ1) is 13.2. The molecular formula is C11H13ClO3S. The highest BCUT2D eigenvalue weighted by molar-refractivity contribution is 7.91. The molecule has 0 bridgehead atoms. The van der Waals surface area contributed by atoms with E-state index in [1.165, 1.54) is 0 Å². The van der Waals surface area contributed by atoms with Gasteiger partial charge in [0.1, 0.15) is 0 Å². The van der Waals surface area contributed by atoms with Gasteiger partial charge in [-0.2, -0.15) is 0 Å². The fourth-order valence-corrected chi connectivity index (χ4v) is 2.88. The van der Waals surface area contributed by atoms with Crippen molar-refractivity contribution in [1.82, 2.24) is 0 Å². The summed E-state index contributed by atoms with van der Waals surface area (Å²) >= 11 is 5.35. The molecule has 0 aliphatic rings. The van der Waals surface area contributed by atoms with Gasteiger partial charge in [0.05, 0.1) is 11.5 Å². The van der Waals surface area contributed by atoms with Crippen LogP contribution in [0, 0.1) is 0 Å². The molecule has 0 aromatic heterocycles. The van der Waals surface area contributed by atoms with Crippen molar-refractivity contribution < 1.29 is 13.2 Å². The Kier molecular flexibility index (Phi) is 4.96. The van der Waals surface area contributed by atoms with E-state index in [1.54, 1.807) is 30.3 Å². The molecule has 16 heavy (non-hydrogen) atoms. The molecule has 0 amide bonds. The number of sulfone groups is 1. The lowest BCUT2D eigenvalue weighted by Gasteiger charge is -2.02. The normalized spacial score (nSPS) is 11.3. The minimum absolute atomic E-state index is 0.0171. The van der Waals surface area contributed by atoms with Gasteiger partial charge in [-0.15, -0.1) is 11.6 Å². The van der Waals surface area contributed by atoms with E-state index in [1.807, 2.05) is 0 Å². The molecule has 0 unspecified atom stereocenters. The van der Waals surface area contributed by atoms with Gasteiger partial charge in [0.15, 0.2) is 15.6 Å². The highest BCUT2D eigenvalue weighted by Gasteiger charge is 2.13. The third-order valence-corrected chi connectivity index (χ3v) is 4.19. The van der Waals surface area contributed by atoms with Crippen molar-refractivity contribution >= 4 is 27.2 Å². The van der Waals surface area contributed by atoms with Crippen molar-refractivity contribution in [2.24, 2.45) is 0 Å². The van der Waals surface area contributed by atoms with Crippen LogP contribution in [0.1, 0.15) is 16.8 Å². The second-order valence-electron chi connectivity index (χ2n) is 3.38. The molecule has 0 saturated heterocycles. The lowest BCUT2D eigenvalue weighted by molar-refractivity contribution is 0.0989. The van der Waals surface area contributed by atoms with E-state index < -0.39 is 9.84 Å². The van der Waals surface area contributed by atoms with Crippen LogP contribution < -0.4 is 0 Å². The number of halogens is 1. The number of ketones is 1. The van der Waals surface area contributed by atoms with Gasteiger partial charge in [0.25, 0.3) is 0 Å². The monoisotopic (exact) mass is 260 g/mol. The van der Waals surface area contributed by atoms with E-state index in [2.05, 4.69) is 0 Å². The zero-order valence-corrected chi connectivity index (χ0v) is 10.3. The fraction of sp³-hybridized carbons (Fsp3) is 0.364. The number of carbonyl (C=O) groups excluding carboxylic acids is 1. The Bertz CT molecular complexity index is 440. The first-order valence-corrected chi connectivity index (χ1v) is 7.25. The number of rotatable bonds is 6. The molecule has 0 saturated carbocycles. The van der Waals surface area contributed by atoms with Crippen LogP contribution in [-0.2, 0) is 9.84 Å². The van der Waals surface area contributed by atoms with Gasteiger partial charge in [-0.25, -0.2) is 8.42 Å². The third-order valence-electron chi connectivity index (χ3n) is 2.12. The molecule has 0 radical (unpaired) electrons. The van der Waals surface area contributed by atoms with Crippen molar-refractivity contribution in [2.45, 2.75) is 6.42 Å². The molecule has 0 N–H and O–H groups in total. The molecule has 88 valence electrons. The van der Waals surface area contributed by atoms with E-state index in [0.717, 1.165) is 0 Å². The summed E-state index contributed by atoms with van der Waals surface area (Å²) in [5.74, 6) is -0.287. The van der Waals surface area contributed by atoms with Crippen molar-refractivity contribution in [2.75, 3.05) is 17.4 Å². The Hall–Kier alpha value is -0.870. The van der Waals surface area contributed by atoms with E-state index in [4.69, 9.17) is 11.6 Å². The Balaban J connectivity index is 2.54. The maximum Gasteiger partial charge on any atom is 0.163 e. The summed E-state index contributed by atoms with van der Waals surface area (Å²) in [7, 11) is -3.19. The van der Waals surface area contributed by atoms with E-state index in [-0.39, 0.29) is 29.6 Å². The Morgan fingerprint density at radius 1 is 1.12 bits per heavy atom. The maximum atomic E-state index is 11.6. The Labute approximate surface area is 100 Å². The zero-order chi connectivity index (χ0) is 12.0. The minimum Gasteiger partial charge on any atom is -0.294 e. The summed E-state index contributed by atoms with van der Waals surface area (Å²) in [6, 6.07) is 8.66. The predicted molar refractivity (Wildman–Crippen MR) is 64.8 cm³/mol. The fourth-order valence-electron chi connectivity index (χ4n) is 1.24. The maximum absolute atomic E-state index is 11.6. The van der Waals surface area contributed by atoms with Crippen LogP contribution in [0.2, 0.25) is 0 Å². The van der Waals surface area contributed by atoms with Crippen LogP contribution in [0.15, 0.2) is 30.3 Å². The van der Waals surface area contributed by atoms with Crippen LogP contribution in [0.4, 0.5) is 0 Å². The first-order valence-electron chi connectivity index (χ1n) is 4.90. The molecule has 0 atom stereocenters. The summed E-state index contributed by atoms with van der Waals surface area (Å²) in [5.41, 5.74) is 0.545. The van der Waals surface area contributed by atoms with Gasteiger partial charge >= 0.3 is 0 Å². The second-order valence-corrected chi connectivity index (χ2v) is 6.06. The number of hydrogen-bond donors (Lipinski definition) is 0. The minimum atomic E-state index is -3.19. The predicted octanol–water partition coefficient (Wildman–Crippen LogP) is 1.91. The van der Waals surface area contributed by atoms with Gasteiger partial charge in [0.2, 0.25) is 0 Å². The summed E-state index contributed by atoms with van der Waals surface area (Å²) in [4.78, 5) is 11.6. The lowest BCUT2D eigenvalue weighted by atomic mass is 10.1. The van der Waals surface area contributed by atoms with Crippen molar-refractivity contribution in [1.29, 1.82) is 0 Å². The average Bonchev–Trinajstić information content (AvgIpc) is 2.27. The average molecular weight is 261 g/mol. The molecule has 0 heterocycles. The molecule has 3 nitrogen and oxygen atoms in total. The Morgan fingerprint density at radius 2 is 1.75 bits per heavy atom. The second kappa shape index (κ2) is 6.01. The van der Waals surface area contributed by atoms with Crippen LogP contribution >= 0.6 is 11.6 Å². The van der Waals surface area contributed by atoms with Crippen LogP contribution in [0.25, 0.3) is 0 Å². The van der Waals surface area contributed by atoms with E-state index in [0.29, 0.717) is 5.56 Å². The third kappa shape index (κ3) is 4.33. The van der Waals surface area contributed by atoms with Crippen molar-refractivity contribution in [3.8, 4) is 0 Å². The van der Waals surface area contributed by atoms with Crippen molar-refractivity contribution in [3.63, 3.8) is 0 Å². The number of hydrogen-bond acceptors (Lipinski definition) is 3. The van der Waals surface area contributed by atoms with Crippen molar-refractivity contribution in [3.05, 3.63) is 35.9 Å². The number of benzene rings is 1. The highest BCUT2D eigenvalue weighted by Crippen LogP contribution is 2.05. The van der Waals surface area contributed by atoms with Gasteiger partial charge in [-0.05, 0) is 0 Å². The summed E-state index contributed by atoms with van der Waals surface area (Å²) in [5, 5.41) is 0. The molecule has 0 spiro atoms. The van der Waals surface area contributed by atoms with Crippen LogP contribution in [0.5, 0.6) is 0 Å². The molecule has 1 aromatic rings. The highest BCUT2D eigenvalue weighted by atomic mass is 35.5. The van der Waals surface area contributed by atoms with E-state index >= 15 is 0 Å². The smallest absolute Gasteiger partial charge is 0.163 e. The molecule has 0 fully saturated rings. The largest absolute Gasteiger partial charge is 0.294 e. The molecular weight excluding hydrogens is 248 g/mol. The van der Waals surface area contributed by atoms with Gasteiger partial charge in [-0.1, -0.05) is 30.3 Å². The van der Waals surface area contributed by atoms with Crippen LogP contribution in [0.3, 0.4) is 0 Å². The number of alkyl halides is 1. The standard InChI is InChI=1S/C11H13ClO3S/c12-7-9-16(14,15)8-6-11(13)10-4-2-1-3-5-10/h1-5H,6-9H2. The molecule has 5 heteroatoms. The molecule has 1 aromatic carbocycles. The number of Topliss-reactive ketones (excluding diaryl/α,β-unsaturated/α-hetero) is 1. The zero-order valence-electron chi connectivity index (χ0n) is 8.73. The lowest BCUT2D eigenvalue weighted by Crippen LogP contribution is -2.15. The summed E-state index contributed by atoms with van der Waals surface area (Å²) in [6.07, 6.45) is 0.0171. The quantitative estimate of drug-likeness (QED) is 0.580. The SMILES string of the molecule is O=C(CCS(=O)(=O)CCCl)c1ccccc1. The van der Waals surface area contributed by atoms with Gasteiger partial charge in [-0.3, -0.25) is 4.79 Å². The first-order chi connectivity index (χ1) is 7.55. The Morgan fingerprint density at radius 3 is 2.31 bits per heavy atom. The topological polar surface area (TPSA) is 51.2 Å². The summed E-state index contributed by atoms with van der Waals surface area (Å²) < 4.78 is 22.7.